The summed E-state index contributed by atoms with van der Waals surface area (Å²) in [5.74, 6) is -0.916. The molecule has 0 aliphatic rings. The second-order valence-electron chi connectivity index (χ2n) is 3.72. The Labute approximate surface area is 124 Å². The molecule has 0 spiro atoms. The summed E-state index contributed by atoms with van der Waals surface area (Å²) >= 11 is 11.9. The van der Waals surface area contributed by atoms with Crippen LogP contribution in [0.2, 0.25) is 10.0 Å². The molecule has 1 aromatic carbocycles. The summed E-state index contributed by atoms with van der Waals surface area (Å²) in [7, 11) is -3.60. The number of anilines is 1. The number of benzene rings is 1. The van der Waals surface area contributed by atoms with E-state index in [0.29, 0.717) is 0 Å². The summed E-state index contributed by atoms with van der Waals surface area (Å²) in [6.45, 7) is 1.45. The van der Waals surface area contributed by atoms with Crippen LogP contribution in [0.4, 0.5) is 10.1 Å². The first-order valence-electron chi connectivity index (χ1n) is 5.38. The summed E-state index contributed by atoms with van der Waals surface area (Å²) in [6.07, 6.45) is 2.43. The fourth-order valence-electron chi connectivity index (χ4n) is 1.43. The lowest BCUT2D eigenvalue weighted by Crippen LogP contribution is -2.16. The van der Waals surface area contributed by atoms with Gasteiger partial charge in [0.2, 0.25) is 10.0 Å². The van der Waals surface area contributed by atoms with E-state index >= 15 is 0 Å². The van der Waals surface area contributed by atoms with Gasteiger partial charge in [-0.25, -0.2) is 22.5 Å². The molecule has 6 nitrogen and oxygen atoms in total. The van der Waals surface area contributed by atoms with E-state index in [-0.39, 0.29) is 27.2 Å². The number of sulfonamides is 1. The van der Waals surface area contributed by atoms with Crippen molar-refractivity contribution < 1.29 is 12.8 Å². The molecule has 10 heteroatoms. The van der Waals surface area contributed by atoms with Crippen molar-refractivity contribution in [2.45, 2.75) is 6.92 Å². The van der Waals surface area contributed by atoms with Crippen LogP contribution in [0.15, 0.2) is 18.7 Å². The van der Waals surface area contributed by atoms with Crippen molar-refractivity contribution in [3.63, 3.8) is 0 Å². The molecule has 0 saturated carbocycles. The smallest absolute Gasteiger partial charge is 0.232 e. The monoisotopic (exact) mass is 338 g/mol. The van der Waals surface area contributed by atoms with Gasteiger partial charge in [-0.05, 0) is 13.0 Å². The number of nitrogens with one attached hydrogen (secondary N) is 1. The number of aromatic nitrogens is 3. The first-order valence-corrected chi connectivity index (χ1v) is 7.79. The van der Waals surface area contributed by atoms with E-state index in [1.54, 1.807) is 0 Å². The van der Waals surface area contributed by atoms with Crippen molar-refractivity contribution in [3.8, 4) is 5.69 Å². The molecule has 0 fully saturated rings. The van der Waals surface area contributed by atoms with Gasteiger partial charge < -0.3 is 0 Å². The van der Waals surface area contributed by atoms with Crippen LogP contribution in [0.5, 0.6) is 0 Å². The molecule has 20 heavy (non-hydrogen) atoms. The fraction of sp³-hybridized carbons (Fsp3) is 0.200. The average molecular weight is 339 g/mol. The van der Waals surface area contributed by atoms with Crippen molar-refractivity contribution in [2.24, 2.45) is 0 Å². The highest BCUT2D eigenvalue weighted by molar-refractivity contribution is 7.92. The topological polar surface area (TPSA) is 76.9 Å². The van der Waals surface area contributed by atoms with E-state index in [9.17, 15) is 12.8 Å². The summed E-state index contributed by atoms with van der Waals surface area (Å²) in [6, 6.07) is 0.956. The molecule has 0 bridgehead atoms. The molecule has 0 atom stereocenters. The van der Waals surface area contributed by atoms with Gasteiger partial charge in [0.25, 0.3) is 0 Å². The van der Waals surface area contributed by atoms with Crippen molar-refractivity contribution in [2.75, 3.05) is 10.5 Å². The first kappa shape index (κ1) is 15.0. The van der Waals surface area contributed by atoms with Crippen molar-refractivity contribution in [1.82, 2.24) is 14.8 Å². The Balaban J connectivity index is 2.62. The summed E-state index contributed by atoms with van der Waals surface area (Å²) in [5, 5.41) is 3.41. The summed E-state index contributed by atoms with van der Waals surface area (Å²) < 4.78 is 40.4. The molecule has 0 saturated heterocycles. The zero-order valence-electron chi connectivity index (χ0n) is 10.1. The molecular weight excluding hydrogens is 330 g/mol. The predicted molar refractivity (Wildman–Crippen MR) is 74.4 cm³/mol. The lowest BCUT2D eigenvalue weighted by Gasteiger charge is -2.14. The van der Waals surface area contributed by atoms with Gasteiger partial charge in [-0.15, -0.1) is 0 Å². The fourth-order valence-corrected chi connectivity index (χ4v) is 2.83. The molecule has 1 N–H and O–H groups in total. The number of nitrogens with zero attached hydrogens (tertiary/aromatic N) is 3. The molecule has 2 aromatic rings. The van der Waals surface area contributed by atoms with Crippen LogP contribution in [0.1, 0.15) is 6.92 Å². The maximum Gasteiger partial charge on any atom is 0.232 e. The molecule has 1 heterocycles. The normalized spacial score (nSPS) is 11.6. The van der Waals surface area contributed by atoms with Crippen molar-refractivity contribution in [3.05, 3.63) is 34.6 Å². The highest BCUT2D eigenvalue weighted by atomic mass is 35.5. The predicted octanol–water partition coefficient (Wildman–Crippen LogP) is 2.47. The van der Waals surface area contributed by atoms with E-state index < -0.39 is 15.8 Å². The largest absolute Gasteiger partial charge is 0.280 e. The van der Waals surface area contributed by atoms with Gasteiger partial charge in [0, 0.05) is 0 Å². The van der Waals surface area contributed by atoms with E-state index in [0.717, 1.165) is 10.7 Å². The molecule has 1 aromatic heterocycles. The van der Waals surface area contributed by atoms with Crippen LogP contribution >= 0.6 is 23.2 Å². The minimum Gasteiger partial charge on any atom is -0.280 e. The quantitative estimate of drug-likeness (QED) is 0.928. The van der Waals surface area contributed by atoms with Gasteiger partial charge in [-0.3, -0.25) is 4.72 Å². The van der Waals surface area contributed by atoms with Crippen LogP contribution in [0, 0.1) is 5.82 Å². The second-order valence-corrected chi connectivity index (χ2v) is 6.52. The zero-order chi connectivity index (χ0) is 14.9. The third-order valence-electron chi connectivity index (χ3n) is 2.43. The molecule has 0 unspecified atom stereocenters. The summed E-state index contributed by atoms with van der Waals surface area (Å²) in [4.78, 5) is 3.68. The highest BCUT2D eigenvalue weighted by Crippen LogP contribution is 2.37. The number of halogens is 3. The molecular formula is C10H9Cl2FN4O2S. The number of hydrogen-bond donors (Lipinski definition) is 1. The molecule has 2 rings (SSSR count). The van der Waals surface area contributed by atoms with Gasteiger partial charge in [-0.2, -0.15) is 5.10 Å². The lowest BCUT2D eigenvalue weighted by atomic mass is 10.2. The lowest BCUT2D eigenvalue weighted by molar-refractivity contribution is 0.601. The Morgan fingerprint density at radius 2 is 2.15 bits per heavy atom. The maximum atomic E-state index is 13.9. The van der Waals surface area contributed by atoms with Gasteiger partial charge in [0.1, 0.15) is 18.3 Å². The van der Waals surface area contributed by atoms with Gasteiger partial charge in [-0.1, -0.05) is 23.2 Å². The molecule has 0 amide bonds. The van der Waals surface area contributed by atoms with Gasteiger partial charge in [0.15, 0.2) is 5.82 Å². The van der Waals surface area contributed by atoms with Crippen LogP contribution in [0.3, 0.4) is 0 Å². The van der Waals surface area contributed by atoms with Crippen molar-refractivity contribution >= 4 is 38.9 Å². The third-order valence-corrected chi connectivity index (χ3v) is 4.37. The highest BCUT2D eigenvalue weighted by Gasteiger charge is 2.21. The second kappa shape index (κ2) is 5.55. The molecule has 108 valence electrons. The maximum absolute atomic E-state index is 13.9. The van der Waals surface area contributed by atoms with Crippen LogP contribution in [-0.4, -0.2) is 28.9 Å². The number of rotatable bonds is 4. The SMILES string of the molecule is CCS(=O)(=O)Nc1c(Cl)cc(F)c(-n2cncn2)c1Cl. The Morgan fingerprint density at radius 1 is 1.45 bits per heavy atom. The van der Waals surface area contributed by atoms with E-state index in [4.69, 9.17) is 23.2 Å². The van der Waals surface area contributed by atoms with E-state index in [1.807, 2.05) is 0 Å². The third kappa shape index (κ3) is 2.87. The van der Waals surface area contributed by atoms with Crippen molar-refractivity contribution in [1.29, 1.82) is 0 Å². The Hall–Kier alpha value is -1.38. The van der Waals surface area contributed by atoms with Crippen LogP contribution in [-0.2, 0) is 10.0 Å². The average Bonchev–Trinajstić information content (AvgIpc) is 2.88. The van der Waals surface area contributed by atoms with E-state index in [1.165, 1.54) is 19.6 Å². The Kier molecular flexibility index (Phi) is 4.17. The summed E-state index contributed by atoms with van der Waals surface area (Å²) in [5.41, 5.74) is -0.232. The molecule has 0 aliphatic carbocycles. The number of hydrogen-bond acceptors (Lipinski definition) is 4. The Morgan fingerprint density at radius 3 is 2.70 bits per heavy atom. The van der Waals surface area contributed by atoms with Crippen LogP contribution in [0.25, 0.3) is 5.69 Å². The van der Waals surface area contributed by atoms with E-state index in [2.05, 4.69) is 14.8 Å². The standard InChI is InChI=1S/C10H9Cl2FN4O2S/c1-2-20(18,19)16-9-6(11)3-7(13)10(8(9)12)17-5-14-4-15-17/h3-5,16H,2H2,1H3. The Bertz CT molecular complexity index is 734. The van der Waals surface area contributed by atoms with Crippen LogP contribution < -0.4 is 4.72 Å². The van der Waals surface area contributed by atoms with Gasteiger partial charge in [0.05, 0.1) is 21.5 Å². The zero-order valence-corrected chi connectivity index (χ0v) is 12.5. The first-order chi connectivity index (χ1) is 9.35. The minimum atomic E-state index is -3.60. The molecule has 0 radical (unpaired) electrons. The molecule has 0 aliphatic heterocycles. The minimum absolute atomic E-state index is 0.0953. The van der Waals surface area contributed by atoms with Gasteiger partial charge >= 0.3 is 0 Å².